The Morgan fingerprint density at radius 2 is 1.78 bits per heavy atom. The number of hydrogen-bond acceptors (Lipinski definition) is 6. The van der Waals surface area contributed by atoms with Gasteiger partial charge in [0.2, 0.25) is 0 Å². The zero-order valence-electron chi connectivity index (χ0n) is 17.0. The Balaban J connectivity index is 0.00000126. The Bertz CT molecular complexity index is 685. The highest BCUT2D eigenvalue weighted by Gasteiger charge is 2.47. The van der Waals surface area contributed by atoms with E-state index < -0.39 is 5.79 Å². The molecule has 152 valence electrons. The van der Waals surface area contributed by atoms with Crippen molar-refractivity contribution in [3.63, 3.8) is 0 Å². The van der Waals surface area contributed by atoms with Gasteiger partial charge in [-0.05, 0) is 68.7 Å². The molecule has 6 nitrogen and oxygen atoms in total. The summed E-state index contributed by atoms with van der Waals surface area (Å²) in [5.74, 6) is 0.588. The van der Waals surface area contributed by atoms with Crippen LogP contribution in [0.3, 0.4) is 0 Å². The first kappa shape index (κ1) is 22.0. The van der Waals surface area contributed by atoms with E-state index in [9.17, 15) is 4.79 Å². The van der Waals surface area contributed by atoms with Crippen LogP contribution in [0, 0.1) is 12.8 Å². The molecule has 0 aromatic heterocycles. The van der Waals surface area contributed by atoms with E-state index in [1.807, 2.05) is 13.8 Å². The minimum absolute atomic E-state index is 0.323. The summed E-state index contributed by atoms with van der Waals surface area (Å²) in [6.07, 6.45) is 4.41. The topological polar surface area (TPSA) is 68.2 Å². The quantitative estimate of drug-likeness (QED) is 0.717. The Kier molecular flexibility index (Phi) is 7.16. The molecule has 1 heterocycles. The monoisotopic (exact) mass is 443 g/mol. The Morgan fingerprint density at radius 3 is 2.30 bits per heavy atom. The van der Waals surface area contributed by atoms with Gasteiger partial charge in [0.1, 0.15) is 0 Å². The zero-order chi connectivity index (χ0) is 20.4. The van der Waals surface area contributed by atoms with Crippen LogP contribution in [-0.2, 0) is 4.74 Å². The molecular weight excluding hydrogens is 414 g/mol. The molecule has 2 aliphatic rings. The van der Waals surface area contributed by atoms with Crippen molar-refractivity contribution in [2.75, 3.05) is 28.3 Å². The fourth-order valence-corrected chi connectivity index (χ4v) is 4.44. The molecule has 1 aromatic carbocycles. The van der Waals surface area contributed by atoms with E-state index in [1.54, 1.807) is 6.07 Å². The van der Waals surface area contributed by atoms with Gasteiger partial charge in [0, 0.05) is 31.6 Å². The highest BCUT2D eigenvalue weighted by molar-refractivity contribution is 9.10. The van der Waals surface area contributed by atoms with E-state index in [2.05, 4.69) is 34.9 Å². The average Bonchev–Trinajstić information content (AvgIpc) is 3.05. The SMILES string of the molecule is CO.COC(=O)c1cc(Br)c2c(c1C)OC(C)(C1CCC(N(C)C)CC1)O2. The number of esters is 1. The molecule has 1 unspecified atom stereocenters. The fourth-order valence-electron chi connectivity index (χ4n) is 3.95. The lowest BCUT2D eigenvalue weighted by Gasteiger charge is -2.39. The number of benzene rings is 1. The number of aliphatic hydroxyl groups is 1. The standard InChI is InChI=1S/C19H26BrNO4.CH4O/c1-11-14(18(22)23-5)10-15(20)17-16(11)24-19(2,25-17)12-6-8-13(9-7-12)21(3)4;1-2/h10,12-13H,6-9H2,1-5H3;2H,1H3. The second kappa shape index (κ2) is 8.80. The van der Waals surface area contributed by atoms with E-state index in [1.165, 1.54) is 7.11 Å². The molecule has 0 spiro atoms. The predicted molar refractivity (Wildman–Crippen MR) is 107 cm³/mol. The Morgan fingerprint density at radius 1 is 1.22 bits per heavy atom. The van der Waals surface area contributed by atoms with E-state index in [0.29, 0.717) is 29.0 Å². The first-order valence-corrected chi connectivity index (χ1v) is 9.96. The predicted octanol–water partition coefficient (Wildman–Crippen LogP) is 3.76. The highest BCUT2D eigenvalue weighted by Crippen LogP contribution is 2.51. The van der Waals surface area contributed by atoms with Crippen molar-refractivity contribution in [2.24, 2.45) is 5.92 Å². The number of fused-ring (bicyclic) bond motifs is 1. The van der Waals surface area contributed by atoms with Gasteiger partial charge >= 0.3 is 5.97 Å². The molecule has 1 saturated carbocycles. The van der Waals surface area contributed by atoms with E-state index in [0.717, 1.165) is 42.8 Å². The van der Waals surface area contributed by atoms with Crippen LogP contribution in [0.2, 0.25) is 0 Å². The van der Waals surface area contributed by atoms with Gasteiger partial charge in [-0.1, -0.05) is 0 Å². The Hall–Kier alpha value is -1.31. The number of methoxy groups -OCH3 is 1. The van der Waals surface area contributed by atoms with Crippen LogP contribution >= 0.6 is 15.9 Å². The van der Waals surface area contributed by atoms with Crippen LogP contribution < -0.4 is 9.47 Å². The summed E-state index contributed by atoms with van der Waals surface area (Å²) in [4.78, 5) is 14.3. The van der Waals surface area contributed by atoms with Gasteiger partial charge in [0.15, 0.2) is 11.5 Å². The summed E-state index contributed by atoms with van der Waals surface area (Å²) in [6, 6.07) is 2.38. The van der Waals surface area contributed by atoms with E-state index in [4.69, 9.17) is 19.3 Å². The van der Waals surface area contributed by atoms with Gasteiger partial charge < -0.3 is 24.2 Å². The van der Waals surface area contributed by atoms with E-state index in [-0.39, 0.29) is 5.97 Å². The van der Waals surface area contributed by atoms with E-state index >= 15 is 0 Å². The number of carbonyl (C=O) groups is 1. The number of aliphatic hydroxyl groups excluding tert-OH is 1. The summed E-state index contributed by atoms with van der Waals surface area (Å²) in [5.41, 5.74) is 1.26. The number of ether oxygens (including phenoxy) is 3. The highest BCUT2D eigenvalue weighted by atomic mass is 79.9. The molecule has 1 atom stereocenters. The van der Waals surface area contributed by atoms with Gasteiger partial charge in [-0.15, -0.1) is 0 Å². The molecule has 0 radical (unpaired) electrons. The minimum atomic E-state index is -0.693. The molecule has 0 amide bonds. The maximum atomic E-state index is 12.0. The average molecular weight is 444 g/mol. The summed E-state index contributed by atoms with van der Waals surface area (Å²) in [5, 5.41) is 7.00. The number of hydrogen-bond donors (Lipinski definition) is 1. The number of nitrogens with zero attached hydrogens (tertiary/aromatic N) is 1. The molecule has 0 saturated heterocycles. The van der Waals surface area contributed by atoms with Crippen molar-refractivity contribution < 1.29 is 24.1 Å². The molecule has 1 aromatic rings. The molecule has 7 heteroatoms. The molecule has 1 N–H and O–H groups in total. The van der Waals surface area contributed by atoms with Gasteiger partial charge in [-0.25, -0.2) is 4.79 Å². The summed E-state index contributed by atoms with van der Waals surface area (Å²) in [7, 11) is 6.66. The molecule has 27 heavy (non-hydrogen) atoms. The van der Waals surface area contributed by atoms with Crippen LogP contribution in [0.1, 0.15) is 48.5 Å². The normalized spacial score (nSPS) is 26.4. The molecule has 3 rings (SSSR count). The molecular formula is C20H30BrNO5. The first-order chi connectivity index (χ1) is 12.8. The van der Waals surface area contributed by atoms with Crippen LogP contribution in [0.15, 0.2) is 10.5 Å². The van der Waals surface area contributed by atoms with Crippen LogP contribution in [0.25, 0.3) is 0 Å². The van der Waals surface area contributed by atoms with Crippen molar-refractivity contribution in [2.45, 2.75) is 51.4 Å². The first-order valence-electron chi connectivity index (χ1n) is 9.17. The smallest absolute Gasteiger partial charge is 0.338 e. The van der Waals surface area contributed by atoms with Gasteiger partial charge in [0.25, 0.3) is 5.79 Å². The van der Waals surface area contributed by atoms with Crippen molar-refractivity contribution in [1.82, 2.24) is 4.90 Å². The zero-order valence-corrected chi connectivity index (χ0v) is 18.6. The summed E-state index contributed by atoms with van der Waals surface area (Å²) < 4.78 is 18.2. The van der Waals surface area contributed by atoms with Crippen molar-refractivity contribution in [1.29, 1.82) is 0 Å². The van der Waals surface area contributed by atoms with Gasteiger partial charge in [-0.3, -0.25) is 0 Å². The second-order valence-corrected chi connectivity index (χ2v) is 8.22. The lowest BCUT2D eigenvalue weighted by molar-refractivity contribution is -0.123. The van der Waals surface area contributed by atoms with Gasteiger partial charge in [-0.2, -0.15) is 0 Å². The summed E-state index contributed by atoms with van der Waals surface area (Å²) >= 11 is 3.51. The van der Waals surface area contributed by atoms with Crippen LogP contribution in [0.4, 0.5) is 0 Å². The largest absolute Gasteiger partial charge is 0.465 e. The maximum absolute atomic E-state index is 12.0. The minimum Gasteiger partial charge on any atom is -0.465 e. The lowest BCUT2D eigenvalue weighted by Crippen LogP contribution is -2.46. The Labute approximate surface area is 169 Å². The summed E-state index contributed by atoms with van der Waals surface area (Å²) in [6.45, 7) is 3.88. The number of rotatable bonds is 3. The fraction of sp³-hybridized carbons (Fsp3) is 0.650. The van der Waals surface area contributed by atoms with Crippen LogP contribution in [0.5, 0.6) is 11.5 Å². The molecule has 1 fully saturated rings. The van der Waals surface area contributed by atoms with Crippen molar-refractivity contribution in [3.8, 4) is 11.5 Å². The third-order valence-electron chi connectivity index (χ3n) is 5.62. The second-order valence-electron chi connectivity index (χ2n) is 7.37. The molecule has 1 aliphatic carbocycles. The molecule has 0 bridgehead atoms. The van der Waals surface area contributed by atoms with Crippen molar-refractivity contribution >= 4 is 21.9 Å². The molecule has 1 aliphatic heterocycles. The maximum Gasteiger partial charge on any atom is 0.338 e. The van der Waals surface area contributed by atoms with Crippen LogP contribution in [-0.4, -0.2) is 56.1 Å². The third-order valence-corrected chi connectivity index (χ3v) is 6.21. The number of halogens is 1. The third kappa shape index (κ3) is 4.25. The van der Waals surface area contributed by atoms with Crippen molar-refractivity contribution in [3.05, 3.63) is 21.7 Å². The van der Waals surface area contributed by atoms with Gasteiger partial charge in [0.05, 0.1) is 17.1 Å². The number of carbonyl (C=O) groups excluding carboxylic acids is 1. The lowest BCUT2D eigenvalue weighted by atomic mass is 9.81.